The zero-order chi connectivity index (χ0) is 88.4. The Balaban J connectivity index is 0.000000138. The number of benzene rings is 14. The molecule has 132 heavy (non-hydrogen) atoms. The molecule has 0 aliphatic heterocycles. The van der Waals surface area contributed by atoms with E-state index in [0.717, 1.165) is 94.4 Å². The Bertz CT molecular complexity index is 7800. The molecule has 0 amide bonds. The predicted molar refractivity (Wildman–Crippen MR) is 541 cm³/mol. The lowest BCUT2D eigenvalue weighted by atomic mass is 9.87. The van der Waals surface area contributed by atoms with Crippen LogP contribution in [0.25, 0.3) is 179 Å². The van der Waals surface area contributed by atoms with Crippen molar-refractivity contribution in [2.24, 2.45) is 14.1 Å². The number of anilines is 2. The Labute approximate surface area is 768 Å². The molecule has 0 aliphatic carbocycles. The summed E-state index contributed by atoms with van der Waals surface area (Å²) in [6, 6.07) is 112. The van der Waals surface area contributed by atoms with E-state index in [1.807, 2.05) is 103 Å². The number of fused-ring (bicyclic) bond motifs is 12. The first-order valence-corrected chi connectivity index (χ1v) is 43.5. The van der Waals surface area contributed by atoms with Crippen LogP contribution in [0.2, 0.25) is 0 Å². The van der Waals surface area contributed by atoms with Gasteiger partial charge >= 0.3 is 0 Å². The van der Waals surface area contributed by atoms with E-state index in [1.54, 1.807) is 7.05 Å². The van der Waals surface area contributed by atoms with Gasteiger partial charge in [-0.15, -0.1) is 30.6 Å². The number of aromatic nitrogens is 13. The van der Waals surface area contributed by atoms with Gasteiger partial charge in [0.2, 0.25) is 53.2 Å². The van der Waals surface area contributed by atoms with E-state index < -0.39 is 0 Å². The second-order valence-electron chi connectivity index (χ2n) is 35.9. The normalized spacial score (nSPS) is 11.7. The average Bonchev–Trinajstić information content (AvgIpc) is 1.59. The Morgan fingerprint density at radius 1 is 0.288 bits per heavy atom. The summed E-state index contributed by atoms with van der Waals surface area (Å²) in [6.45, 7) is 20.8. The van der Waals surface area contributed by atoms with Gasteiger partial charge in [-0.1, -0.05) is 254 Å². The number of ether oxygens (including phenoxy) is 1. The first-order valence-electron chi connectivity index (χ1n) is 43.5. The second kappa shape index (κ2) is 36.0. The molecule has 14 aromatic carbocycles. The molecular weight excluding hydrogens is 1630 g/mol. The maximum absolute atomic E-state index is 6.13. The standard InChI is InChI=1S/C43H34N4O.C35H32N8O.C32H29N3O2.3CH4/c1-43(2,3)31-20-17-29(18-21-31)42-45-44-41(48-42)28-15-13-27(14-16-28)30-19-23-37-35(25-30)36-26-32(22-24-38(36)46(37)4)47-39-11-7-5-9-33(39)34-10-6-8-12-40(34)47;1-35(2,3)25-19-17-24(18-20-25)31-42-41-30(44-31)23-15-13-22(14-16-23)21-37-33-38-32(36-4)39-34(40-33)43-28-11-7-5-9-26(28)27-10-6-8-12-29(27)43;1-32(2,3)24-15-13-23(14-16-24)31-34-33-30(37-31)22-11-9-21(10-12-22)20-36-25-17-18-27-26-7-5-6-8-28(26)35(4)29(27)19-25;;;/h5-26H,1-4H3;5-20H,21H2,1-4H3,(H2,36,37,38,39,40);5-19H,20H2,1-4H3;3*1H4. The maximum atomic E-state index is 6.13. The molecule has 0 radical (unpaired) electrons. The van der Waals surface area contributed by atoms with E-state index in [-0.39, 0.29) is 38.5 Å². The van der Waals surface area contributed by atoms with Crippen molar-refractivity contribution in [2.45, 2.75) is 114 Å². The van der Waals surface area contributed by atoms with Crippen molar-refractivity contribution < 1.29 is 18.0 Å². The van der Waals surface area contributed by atoms with E-state index in [0.29, 0.717) is 66.3 Å². The molecule has 19 nitrogen and oxygen atoms in total. The molecule has 0 saturated carbocycles. The summed E-state index contributed by atoms with van der Waals surface area (Å²) in [7, 11) is 6.05. The van der Waals surface area contributed by atoms with Crippen LogP contribution in [0.1, 0.15) is 112 Å². The van der Waals surface area contributed by atoms with Crippen molar-refractivity contribution in [2.75, 3.05) is 17.7 Å². The second-order valence-corrected chi connectivity index (χ2v) is 35.9. The Morgan fingerprint density at radius 2 is 0.614 bits per heavy atom. The number of para-hydroxylation sites is 5. The lowest BCUT2D eigenvalue weighted by molar-refractivity contribution is 0.306. The summed E-state index contributed by atoms with van der Waals surface area (Å²) in [6.07, 6.45) is 0. The quantitative estimate of drug-likeness (QED) is 0.0922. The first kappa shape index (κ1) is 88.2. The summed E-state index contributed by atoms with van der Waals surface area (Å²) < 4.78 is 33.2. The van der Waals surface area contributed by atoms with E-state index in [2.05, 4.69) is 359 Å². The molecule has 0 aliphatic rings. The monoisotopic (exact) mass is 1740 g/mol. The molecule has 0 unspecified atom stereocenters. The van der Waals surface area contributed by atoms with E-state index in [4.69, 9.17) is 28.0 Å². The van der Waals surface area contributed by atoms with Crippen molar-refractivity contribution in [1.82, 2.24) is 63.8 Å². The molecule has 0 spiro atoms. The largest absolute Gasteiger partial charge is 0.489 e. The van der Waals surface area contributed by atoms with Gasteiger partial charge in [0.25, 0.3) is 0 Å². The van der Waals surface area contributed by atoms with E-state index in [1.165, 1.54) is 76.6 Å². The van der Waals surface area contributed by atoms with Crippen LogP contribution in [0.4, 0.5) is 11.9 Å². The Morgan fingerprint density at radius 3 is 1.04 bits per heavy atom. The number of nitrogens with one attached hydrogen (secondary N) is 2. The number of hydrogen-bond donors (Lipinski definition) is 2. The van der Waals surface area contributed by atoms with E-state index >= 15 is 0 Å². The lowest BCUT2D eigenvalue weighted by Crippen LogP contribution is -2.11. The predicted octanol–water partition coefficient (Wildman–Crippen LogP) is 28.6. The fourth-order valence-corrected chi connectivity index (χ4v) is 17.1. The summed E-state index contributed by atoms with van der Waals surface area (Å²) in [5, 5.41) is 42.0. The highest BCUT2D eigenvalue weighted by atomic mass is 16.5. The van der Waals surface area contributed by atoms with Crippen molar-refractivity contribution in [3.8, 4) is 97.2 Å². The van der Waals surface area contributed by atoms with Crippen LogP contribution in [-0.4, -0.2) is 70.9 Å². The molecule has 22 rings (SSSR count). The van der Waals surface area contributed by atoms with Gasteiger partial charge in [-0.3, -0.25) is 4.57 Å². The van der Waals surface area contributed by atoms with Crippen molar-refractivity contribution >= 4 is 99.1 Å². The van der Waals surface area contributed by atoms with Crippen LogP contribution < -0.4 is 15.4 Å². The molecular formula is C113H107N15O4. The molecule has 0 fully saturated rings. The van der Waals surface area contributed by atoms with Gasteiger partial charge in [-0.2, -0.15) is 15.0 Å². The van der Waals surface area contributed by atoms with Gasteiger partial charge in [-0.05, 0) is 201 Å². The smallest absolute Gasteiger partial charge is 0.248 e. The highest BCUT2D eigenvalue weighted by Crippen LogP contribution is 2.41. The third-order valence-corrected chi connectivity index (χ3v) is 24.3. The fourth-order valence-electron chi connectivity index (χ4n) is 17.1. The van der Waals surface area contributed by atoms with Gasteiger partial charge < -0.3 is 42.3 Å². The third-order valence-electron chi connectivity index (χ3n) is 24.3. The molecule has 8 aromatic heterocycles. The van der Waals surface area contributed by atoms with Crippen molar-refractivity contribution in [1.29, 1.82) is 0 Å². The van der Waals surface area contributed by atoms with Crippen LogP contribution in [0.3, 0.4) is 0 Å². The number of aryl methyl sites for hydroxylation is 2. The molecule has 0 saturated heterocycles. The average molecular weight is 1740 g/mol. The van der Waals surface area contributed by atoms with Crippen molar-refractivity contribution in [3.05, 3.63) is 349 Å². The number of hydrogen-bond acceptors (Lipinski definition) is 15. The first-order chi connectivity index (χ1) is 62.6. The summed E-state index contributed by atoms with van der Waals surface area (Å²) in [5.41, 5.74) is 24.3. The molecule has 22 aromatic rings. The van der Waals surface area contributed by atoms with E-state index in [9.17, 15) is 0 Å². The zero-order valence-electron chi connectivity index (χ0n) is 74.0. The molecule has 19 heteroatoms. The van der Waals surface area contributed by atoms with Gasteiger partial charge in [-0.25, -0.2) is 0 Å². The van der Waals surface area contributed by atoms with Gasteiger partial charge in [0.1, 0.15) is 12.4 Å². The summed E-state index contributed by atoms with van der Waals surface area (Å²) in [5.74, 6) is 5.39. The van der Waals surface area contributed by atoms with Crippen molar-refractivity contribution in [3.63, 3.8) is 0 Å². The molecule has 2 N–H and O–H groups in total. The Kier molecular flexibility index (Phi) is 24.0. The Hall–Kier alpha value is -15.9. The van der Waals surface area contributed by atoms with Crippen LogP contribution in [-0.2, 0) is 43.5 Å². The maximum Gasteiger partial charge on any atom is 0.248 e. The fraction of sp³-hybridized carbons (Fsp3) is 0.177. The minimum atomic E-state index is 0. The summed E-state index contributed by atoms with van der Waals surface area (Å²) in [4.78, 5) is 14.1. The van der Waals surface area contributed by atoms with Crippen LogP contribution >= 0.6 is 0 Å². The van der Waals surface area contributed by atoms with Crippen LogP contribution in [0, 0.1) is 0 Å². The number of nitrogens with zero attached hydrogens (tertiary/aromatic N) is 13. The highest BCUT2D eigenvalue weighted by Gasteiger charge is 2.24. The van der Waals surface area contributed by atoms with Gasteiger partial charge in [0.15, 0.2) is 0 Å². The molecule has 0 atom stereocenters. The van der Waals surface area contributed by atoms with Gasteiger partial charge in [0.05, 0.1) is 27.6 Å². The molecule has 0 bridgehead atoms. The topological polar surface area (TPSA) is 208 Å². The molecule has 658 valence electrons. The lowest BCUT2D eigenvalue weighted by Gasteiger charge is -2.18. The molecule has 8 heterocycles. The minimum Gasteiger partial charge on any atom is -0.489 e. The highest BCUT2D eigenvalue weighted by molar-refractivity contribution is 6.13. The third kappa shape index (κ3) is 17.2. The minimum absolute atomic E-state index is 0. The zero-order valence-corrected chi connectivity index (χ0v) is 74.0. The van der Waals surface area contributed by atoms with Gasteiger partial charge in [0, 0.05) is 132 Å². The van der Waals surface area contributed by atoms with Crippen LogP contribution in [0.15, 0.2) is 335 Å². The number of rotatable bonds is 16. The SMILES string of the molecule is C.C.C.CNc1nc(NCc2ccc(-c3nnc(-c4ccc(C(C)(C)C)cc4)o3)cc2)nc(-n2c3ccccc3c3ccccc32)n1.Cn1c2ccc(-c3ccc(-c4nnc(-c5ccc(C(C)(C)C)cc5)o4)cc3)cc2c2cc(-n3c4ccccc4c4ccccc43)ccc21.Cn1c2ccccc2c2ccc(OCc3ccc(-c4nnc(-c5ccc(C(C)(C)C)cc5)o4)cc3)cc21. The van der Waals surface area contributed by atoms with Crippen LogP contribution in [0.5, 0.6) is 5.75 Å². The summed E-state index contributed by atoms with van der Waals surface area (Å²) >= 11 is 0.